The van der Waals surface area contributed by atoms with Gasteiger partial charge in [-0.3, -0.25) is 14.4 Å². The third kappa shape index (κ3) is 5.24. The van der Waals surface area contributed by atoms with Gasteiger partial charge in [-0.15, -0.1) is 0 Å². The minimum absolute atomic E-state index is 0.0804. The maximum Gasteiger partial charge on any atom is 0.416 e. The van der Waals surface area contributed by atoms with E-state index in [1.165, 1.54) is 11.8 Å². The van der Waals surface area contributed by atoms with Crippen molar-refractivity contribution in [2.24, 2.45) is 5.92 Å². The number of benzene rings is 1. The number of nitrogens with one attached hydrogen (secondary N) is 1. The molecule has 0 spiro atoms. The molecule has 0 saturated carbocycles. The first-order valence-electron chi connectivity index (χ1n) is 9.03. The Bertz CT molecular complexity index is 724. The first kappa shape index (κ1) is 21.7. The number of hydrogen-bond acceptors (Lipinski definition) is 3. The number of rotatable bonds is 4. The smallest absolute Gasteiger partial charge is 0.344 e. The first-order chi connectivity index (χ1) is 13.0. The van der Waals surface area contributed by atoms with Gasteiger partial charge in [0.15, 0.2) is 0 Å². The Morgan fingerprint density at radius 1 is 0.964 bits per heavy atom. The predicted octanol–water partition coefficient (Wildman–Crippen LogP) is 2.15. The van der Waals surface area contributed by atoms with Gasteiger partial charge in [-0.2, -0.15) is 13.2 Å². The van der Waals surface area contributed by atoms with Gasteiger partial charge in [-0.25, -0.2) is 0 Å². The second-order valence-corrected chi connectivity index (χ2v) is 7.11. The number of piperazine rings is 1. The summed E-state index contributed by atoms with van der Waals surface area (Å²) in [6, 6.07) is 3.46. The topological polar surface area (TPSA) is 69.7 Å². The lowest BCUT2D eigenvalue weighted by molar-refractivity contribution is -0.138. The van der Waals surface area contributed by atoms with Crippen LogP contribution in [-0.4, -0.2) is 59.7 Å². The average molecular weight is 399 g/mol. The SMILES string of the molecule is CC(=O)NC(C(=O)N1CCN(C(=O)c2ccc(C(F)(F)F)cc2)CC1)C(C)C. The number of nitrogens with zero attached hydrogens (tertiary/aromatic N) is 2. The van der Waals surface area contributed by atoms with Crippen molar-refractivity contribution in [3.63, 3.8) is 0 Å². The molecule has 1 aliphatic heterocycles. The quantitative estimate of drug-likeness (QED) is 0.844. The van der Waals surface area contributed by atoms with E-state index >= 15 is 0 Å². The molecular formula is C19H24F3N3O3. The molecule has 28 heavy (non-hydrogen) atoms. The molecule has 154 valence electrons. The van der Waals surface area contributed by atoms with Gasteiger partial charge in [0.25, 0.3) is 5.91 Å². The molecule has 1 heterocycles. The normalized spacial score (nSPS) is 16.1. The summed E-state index contributed by atoms with van der Waals surface area (Å²) in [7, 11) is 0. The number of hydrogen-bond donors (Lipinski definition) is 1. The van der Waals surface area contributed by atoms with E-state index in [0.717, 1.165) is 24.3 Å². The summed E-state index contributed by atoms with van der Waals surface area (Å²) < 4.78 is 37.9. The van der Waals surface area contributed by atoms with Gasteiger partial charge >= 0.3 is 6.18 Å². The molecule has 1 aromatic rings. The van der Waals surface area contributed by atoms with E-state index in [1.807, 2.05) is 13.8 Å². The third-order valence-electron chi connectivity index (χ3n) is 4.63. The number of carbonyl (C=O) groups is 3. The summed E-state index contributed by atoms with van der Waals surface area (Å²) in [4.78, 5) is 39.6. The number of carbonyl (C=O) groups excluding carboxylic acids is 3. The molecule has 1 aliphatic rings. The Labute approximate surface area is 161 Å². The fourth-order valence-corrected chi connectivity index (χ4v) is 3.04. The van der Waals surface area contributed by atoms with E-state index in [1.54, 1.807) is 4.90 Å². The number of alkyl halides is 3. The van der Waals surface area contributed by atoms with E-state index in [4.69, 9.17) is 0 Å². The maximum absolute atomic E-state index is 12.7. The van der Waals surface area contributed by atoms with Crippen molar-refractivity contribution in [3.8, 4) is 0 Å². The molecule has 2 rings (SSSR count). The van der Waals surface area contributed by atoms with Crippen molar-refractivity contribution >= 4 is 17.7 Å². The highest BCUT2D eigenvalue weighted by Crippen LogP contribution is 2.29. The summed E-state index contributed by atoms with van der Waals surface area (Å²) in [5.74, 6) is -0.943. The van der Waals surface area contributed by atoms with Crippen LogP contribution in [0, 0.1) is 5.92 Å². The van der Waals surface area contributed by atoms with Gasteiger partial charge < -0.3 is 15.1 Å². The van der Waals surface area contributed by atoms with Crippen LogP contribution in [-0.2, 0) is 15.8 Å². The Morgan fingerprint density at radius 3 is 1.89 bits per heavy atom. The Balaban J connectivity index is 1.98. The standard InChI is InChI=1S/C19H24F3N3O3/c1-12(2)16(23-13(3)26)18(28)25-10-8-24(9-11-25)17(27)14-4-6-15(7-5-14)19(20,21)22/h4-7,12,16H,8-11H2,1-3H3,(H,23,26). The predicted molar refractivity (Wildman–Crippen MR) is 96.4 cm³/mol. The van der Waals surface area contributed by atoms with Crippen molar-refractivity contribution in [3.05, 3.63) is 35.4 Å². The van der Waals surface area contributed by atoms with Crippen molar-refractivity contribution in [2.45, 2.75) is 33.0 Å². The monoisotopic (exact) mass is 399 g/mol. The van der Waals surface area contributed by atoms with Gasteiger partial charge in [-0.1, -0.05) is 13.8 Å². The van der Waals surface area contributed by atoms with Crippen LogP contribution in [0.3, 0.4) is 0 Å². The van der Waals surface area contributed by atoms with Crippen LogP contribution in [0.1, 0.15) is 36.7 Å². The van der Waals surface area contributed by atoms with Crippen LogP contribution in [0.4, 0.5) is 13.2 Å². The second kappa shape index (κ2) is 8.62. The lowest BCUT2D eigenvalue weighted by Crippen LogP contribution is -2.57. The van der Waals surface area contributed by atoms with Crippen LogP contribution in [0.5, 0.6) is 0 Å². The third-order valence-corrected chi connectivity index (χ3v) is 4.63. The van der Waals surface area contributed by atoms with Gasteiger partial charge in [0.05, 0.1) is 5.56 Å². The molecular weight excluding hydrogens is 375 g/mol. The molecule has 1 fully saturated rings. The molecule has 9 heteroatoms. The molecule has 3 amide bonds. The highest BCUT2D eigenvalue weighted by atomic mass is 19.4. The molecule has 0 bridgehead atoms. The zero-order valence-electron chi connectivity index (χ0n) is 16.0. The van der Waals surface area contributed by atoms with Gasteiger partial charge in [0.2, 0.25) is 11.8 Å². The van der Waals surface area contributed by atoms with Crippen molar-refractivity contribution in [1.29, 1.82) is 0 Å². The van der Waals surface area contributed by atoms with Crippen LogP contribution >= 0.6 is 0 Å². The Kier molecular flexibility index (Phi) is 6.69. The van der Waals surface area contributed by atoms with Gasteiger partial charge in [-0.05, 0) is 30.2 Å². The summed E-state index contributed by atoms with van der Waals surface area (Å²) in [6.07, 6.45) is -4.45. The minimum atomic E-state index is -4.45. The molecule has 1 N–H and O–H groups in total. The molecule has 1 unspecified atom stereocenters. The van der Waals surface area contributed by atoms with E-state index in [9.17, 15) is 27.6 Å². The van der Waals surface area contributed by atoms with Crippen LogP contribution < -0.4 is 5.32 Å². The summed E-state index contributed by atoms with van der Waals surface area (Å²) >= 11 is 0. The summed E-state index contributed by atoms with van der Waals surface area (Å²) in [5, 5.41) is 2.65. The molecule has 1 saturated heterocycles. The van der Waals surface area contributed by atoms with Gasteiger partial charge in [0.1, 0.15) is 6.04 Å². The summed E-state index contributed by atoms with van der Waals surface area (Å²) in [6.45, 7) is 6.17. The van der Waals surface area contributed by atoms with Crippen LogP contribution in [0.2, 0.25) is 0 Å². The average Bonchev–Trinajstić information content (AvgIpc) is 2.64. The molecule has 6 nitrogen and oxygen atoms in total. The van der Waals surface area contributed by atoms with Crippen LogP contribution in [0.15, 0.2) is 24.3 Å². The highest BCUT2D eigenvalue weighted by molar-refractivity contribution is 5.94. The molecule has 1 aromatic carbocycles. The van der Waals surface area contributed by atoms with Crippen molar-refractivity contribution in [2.75, 3.05) is 26.2 Å². The molecule has 0 aliphatic carbocycles. The van der Waals surface area contributed by atoms with E-state index in [-0.39, 0.29) is 42.3 Å². The zero-order valence-corrected chi connectivity index (χ0v) is 16.0. The fourth-order valence-electron chi connectivity index (χ4n) is 3.04. The highest BCUT2D eigenvalue weighted by Gasteiger charge is 2.32. The molecule has 0 radical (unpaired) electrons. The van der Waals surface area contributed by atoms with Crippen molar-refractivity contribution in [1.82, 2.24) is 15.1 Å². The number of halogens is 3. The molecule has 0 aromatic heterocycles. The molecule has 1 atom stereocenters. The van der Waals surface area contributed by atoms with E-state index in [2.05, 4.69) is 5.32 Å². The Hall–Kier alpha value is -2.58. The van der Waals surface area contributed by atoms with Crippen molar-refractivity contribution < 1.29 is 27.6 Å². The van der Waals surface area contributed by atoms with E-state index in [0.29, 0.717) is 13.1 Å². The van der Waals surface area contributed by atoms with Gasteiger partial charge in [0, 0.05) is 38.7 Å². The fraction of sp³-hybridized carbons (Fsp3) is 0.526. The first-order valence-corrected chi connectivity index (χ1v) is 9.03. The van der Waals surface area contributed by atoms with E-state index < -0.39 is 17.8 Å². The lowest BCUT2D eigenvalue weighted by Gasteiger charge is -2.37. The maximum atomic E-state index is 12.7. The Morgan fingerprint density at radius 2 is 1.46 bits per heavy atom. The number of amides is 3. The minimum Gasteiger partial charge on any atom is -0.344 e. The van der Waals surface area contributed by atoms with Crippen LogP contribution in [0.25, 0.3) is 0 Å². The second-order valence-electron chi connectivity index (χ2n) is 7.11. The lowest BCUT2D eigenvalue weighted by atomic mass is 10.0. The largest absolute Gasteiger partial charge is 0.416 e. The zero-order chi connectivity index (χ0) is 21.1. The summed E-state index contributed by atoms with van der Waals surface area (Å²) in [5.41, 5.74) is -0.636.